The number of ether oxygens (including phenoxy) is 1. The summed E-state index contributed by atoms with van der Waals surface area (Å²) in [6.07, 6.45) is 4.68. The summed E-state index contributed by atoms with van der Waals surface area (Å²) in [4.78, 5) is 16.3. The second kappa shape index (κ2) is 7.75. The molecule has 0 bridgehead atoms. The van der Waals surface area contributed by atoms with Gasteiger partial charge in [0.25, 0.3) is 0 Å². The highest BCUT2D eigenvalue weighted by atomic mass is 16.5. The van der Waals surface area contributed by atoms with E-state index in [0.717, 1.165) is 22.8 Å². The van der Waals surface area contributed by atoms with E-state index in [2.05, 4.69) is 25.3 Å². The Balaban J connectivity index is 1.88. The Morgan fingerprint density at radius 3 is 2.59 bits per heavy atom. The summed E-state index contributed by atoms with van der Waals surface area (Å²) in [6.45, 7) is 5.82. The van der Waals surface area contributed by atoms with Crippen LogP contribution in [-0.2, 0) is 5.60 Å². The van der Waals surface area contributed by atoms with Crippen molar-refractivity contribution < 1.29 is 9.84 Å². The molecule has 3 N–H and O–H groups in total. The Bertz CT molecular complexity index is 918. The number of benzene rings is 1. The van der Waals surface area contributed by atoms with Crippen LogP contribution in [-0.4, -0.2) is 32.2 Å². The molecule has 0 saturated heterocycles. The van der Waals surface area contributed by atoms with E-state index in [4.69, 9.17) is 4.74 Å². The molecule has 0 unspecified atom stereocenters. The lowest BCUT2D eigenvalue weighted by Crippen LogP contribution is -2.25. The predicted octanol–water partition coefficient (Wildman–Crippen LogP) is 3.93. The largest absolute Gasteiger partial charge is 0.496 e. The van der Waals surface area contributed by atoms with E-state index in [1.54, 1.807) is 19.4 Å². The SMILES string of the molecule is CCC(O)(CC)c1ccnc(Nc2ccc(-c3nc(C)c[nH]3)c(OC)c2)n1. The maximum atomic E-state index is 10.7. The number of aromatic nitrogens is 4. The number of aliphatic hydroxyl groups is 1. The van der Waals surface area contributed by atoms with Crippen molar-refractivity contribution in [3.63, 3.8) is 0 Å². The number of hydrogen-bond donors (Lipinski definition) is 3. The van der Waals surface area contributed by atoms with E-state index in [0.29, 0.717) is 30.2 Å². The number of aromatic amines is 1. The van der Waals surface area contributed by atoms with Crippen LogP contribution in [0.5, 0.6) is 5.75 Å². The van der Waals surface area contributed by atoms with Gasteiger partial charge in [-0.3, -0.25) is 0 Å². The van der Waals surface area contributed by atoms with Gasteiger partial charge in [-0.15, -0.1) is 0 Å². The molecule has 0 aliphatic rings. The maximum Gasteiger partial charge on any atom is 0.227 e. The highest BCUT2D eigenvalue weighted by Gasteiger charge is 2.26. The number of H-pyrrole nitrogens is 1. The molecule has 0 atom stereocenters. The van der Waals surface area contributed by atoms with Gasteiger partial charge < -0.3 is 20.1 Å². The zero-order valence-electron chi connectivity index (χ0n) is 16.1. The average molecular weight is 367 g/mol. The van der Waals surface area contributed by atoms with Crippen LogP contribution in [0.3, 0.4) is 0 Å². The Morgan fingerprint density at radius 2 is 1.96 bits per heavy atom. The zero-order valence-corrected chi connectivity index (χ0v) is 16.1. The number of anilines is 2. The summed E-state index contributed by atoms with van der Waals surface area (Å²) in [7, 11) is 1.62. The molecule has 0 radical (unpaired) electrons. The van der Waals surface area contributed by atoms with Crippen molar-refractivity contribution in [1.82, 2.24) is 19.9 Å². The van der Waals surface area contributed by atoms with Crippen LogP contribution in [0.25, 0.3) is 11.4 Å². The maximum absolute atomic E-state index is 10.7. The van der Waals surface area contributed by atoms with Gasteiger partial charge in [0.1, 0.15) is 17.2 Å². The van der Waals surface area contributed by atoms with Gasteiger partial charge in [-0.25, -0.2) is 15.0 Å². The lowest BCUT2D eigenvalue weighted by Gasteiger charge is -2.24. The Hall–Kier alpha value is -2.93. The van der Waals surface area contributed by atoms with Gasteiger partial charge in [0, 0.05) is 24.1 Å². The van der Waals surface area contributed by atoms with Crippen molar-refractivity contribution in [2.45, 2.75) is 39.2 Å². The van der Waals surface area contributed by atoms with Crippen LogP contribution in [0, 0.1) is 6.92 Å². The third kappa shape index (κ3) is 3.93. The van der Waals surface area contributed by atoms with Gasteiger partial charge >= 0.3 is 0 Å². The van der Waals surface area contributed by atoms with Gasteiger partial charge in [0.05, 0.1) is 24.1 Å². The fourth-order valence-corrected chi connectivity index (χ4v) is 2.94. The first-order valence-electron chi connectivity index (χ1n) is 9.02. The number of rotatable bonds is 7. The number of nitrogens with one attached hydrogen (secondary N) is 2. The van der Waals surface area contributed by atoms with E-state index >= 15 is 0 Å². The molecular weight excluding hydrogens is 342 g/mol. The van der Waals surface area contributed by atoms with Crippen LogP contribution < -0.4 is 10.1 Å². The molecule has 0 amide bonds. The zero-order chi connectivity index (χ0) is 19.4. The summed E-state index contributed by atoms with van der Waals surface area (Å²) in [5, 5.41) is 13.9. The highest BCUT2D eigenvalue weighted by molar-refractivity contribution is 5.70. The Labute approximate surface area is 158 Å². The fraction of sp³-hybridized carbons (Fsp3) is 0.350. The number of methoxy groups -OCH3 is 1. The molecule has 2 aromatic heterocycles. The molecule has 0 spiro atoms. The molecule has 0 fully saturated rings. The molecular formula is C20H25N5O2. The monoisotopic (exact) mass is 367 g/mol. The van der Waals surface area contributed by atoms with Crippen molar-refractivity contribution in [3.05, 3.63) is 48.0 Å². The highest BCUT2D eigenvalue weighted by Crippen LogP contribution is 2.32. The van der Waals surface area contributed by atoms with Crippen LogP contribution in [0.1, 0.15) is 38.1 Å². The number of hydrogen-bond acceptors (Lipinski definition) is 6. The molecule has 27 heavy (non-hydrogen) atoms. The summed E-state index contributed by atoms with van der Waals surface area (Å²) >= 11 is 0. The van der Waals surface area contributed by atoms with Crippen LogP contribution in [0.15, 0.2) is 36.7 Å². The Morgan fingerprint density at radius 1 is 1.19 bits per heavy atom. The number of imidazole rings is 1. The molecule has 7 nitrogen and oxygen atoms in total. The molecule has 0 aliphatic carbocycles. The molecule has 1 aromatic carbocycles. The summed E-state index contributed by atoms with van der Waals surface area (Å²) in [6, 6.07) is 7.46. The fourth-order valence-electron chi connectivity index (χ4n) is 2.94. The number of nitrogens with zero attached hydrogens (tertiary/aromatic N) is 3. The van der Waals surface area contributed by atoms with E-state index in [1.165, 1.54) is 0 Å². The first kappa shape index (κ1) is 18.8. The molecule has 7 heteroatoms. The first-order valence-corrected chi connectivity index (χ1v) is 9.02. The van der Waals surface area contributed by atoms with Gasteiger partial charge in [-0.05, 0) is 38.0 Å². The minimum absolute atomic E-state index is 0.427. The van der Waals surface area contributed by atoms with Crippen LogP contribution in [0.2, 0.25) is 0 Å². The van der Waals surface area contributed by atoms with Crippen molar-refractivity contribution in [2.24, 2.45) is 0 Å². The smallest absolute Gasteiger partial charge is 0.227 e. The van der Waals surface area contributed by atoms with Crippen molar-refractivity contribution in [1.29, 1.82) is 0 Å². The summed E-state index contributed by atoms with van der Waals surface area (Å²) in [5.41, 5.74) is 2.24. The molecule has 3 aromatic rings. The lowest BCUT2D eigenvalue weighted by molar-refractivity contribution is 0.0240. The number of aryl methyl sites for hydroxylation is 1. The predicted molar refractivity (Wildman–Crippen MR) is 105 cm³/mol. The second-order valence-electron chi connectivity index (χ2n) is 6.43. The normalized spacial score (nSPS) is 11.4. The minimum atomic E-state index is -0.946. The quantitative estimate of drug-likeness (QED) is 0.585. The van der Waals surface area contributed by atoms with Gasteiger partial charge in [-0.2, -0.15) is 0 Å². The average Bonchev–Trinajstić information content (AvgIpc) is 3.13. The van der Waals surface area contributed by atoms with Crippen LogP contribution >= 0.6 is 0 Å². The minimum Gasteiger partial charge on any atom is -0.496 e. The van der Waals surface area contributed by atoms with E-state index in [1.807, 2.05) is 45.2 Å². The van der Waals surface area contributed by atoms with Crippen molar-refractivity contribution >= 4 is 11.6 Å². The van der Waals surface area contributed by atoms with Gasteiger partial charge in [-0.1, -0.05) is 13.8 Å². The van der Waals surface area contributed by atoms with Gasteiger partial charge in [0.15, 0.2) is 0 Å². The summed E-state index contributed by atoms with van der Waals surface area (Å²) < 4.78 is 5.52. The summed E-state index contributed by atoms with van der Waals surface area (Å²) in [5.74, 6) is 1.87. The second-order valence-corrected chi connectivity index (χ2v) is 6.43. The third-order valence-corrected chi connectivity index (χ3v) is 4.72. The van der Waals surface area contributed by atoms with Crippen molar-refractivity contribution in [3.8, 4) is 17.1 Å². The first-order chi connectivity index (χ1) is 13.0. The molecule has 0 saturated carbocycles. The third-order valence-electron chi connectivity index (χ3n) is 4.72. The van der Waals surface area contributed by atoms with E-state index in [9.17, 15) is 5.11 Å². The van der Waals surface area contributed by atoms with Gasteiger partial charge in [0.2, 0.25) is 5.95 Å². The van der Waals surface area contributed by atoms with E-state index < -0.39 is 5.60 Å². The topological polar surface area (TPSA) is 96.0 Å². The molecule has 142 valence electrons. The van der Waals surface area contributed by atoms with Crippen molar-refractivity contribution in [2.75, 3.05) is 12.4 Å². The lowest BCUT2D eigenvalue weighted by atomic mass is 9.93. The van der Waals surface area contributed by atoms with Crippen LogP contribution in [0.4, 0.5) is 11.6 Å². The molecule has 3 rings (SSSR count). The Kier molecular flexibility index (Phi) is 5.41. The van der Waals surface area contributed by atoms with E-state index in [-0.39, 0.29) is 0 Å². The molecule has 2 heterocycles. The standard InChI is InChI=1S/C20H25N5O2/c1-5-20(26,6-2)17-9-10-21-19(25-17)24-14-7-8-15(16(11-14)27-4)18-22-12-13(3)23-18/h7-12,26H,5-6H2,1-4H3,(H,22,23)(H,21,24,25). The molecule has 0 aliphatic heterocycles.